The van der Waals surface area contributed by atoms with Crippen molar-refractivity contribution in [3.8, 4) is 0 Å². The van der Waals surface area contributed by atoms with Crippen LogP contribution in [0.25, 0.3) is 11.0 Å². The molecular formula is C15H20N2O. The van der Waals surface area contributed by atoms with Crippen molar-refractivity contribution >= 4 is 16.8 Å². The predicted octanol–water partition coefficient (Wildman–Crippen LogP) is 3.45. The van der Waals surface area contributed by atoms with Gasteiger partial charge in [0.15, 0.2) is 0 Å². The average molecular weight is 244 g/mol. The smallest absolute Gasteiger partial charge is 0.130 e. The zero-order valence-electron chi connectivity index (χ0n) is 11.5. The molecule has 0 saturated carbocycles. The topological polar surface area (TPSA) is 34.9 Å². The van der Waals surface area contributed by atoms with Crippen LogP contribution in [0.2, 0.25) is 0 Å². The number of hydrogen-bond acceptors (Lipinski definition) is 2. The fraction of sp³-hybridized carbons (Fsp3) is 0.467. The number of fused-ring (bicyclic) bond motifs is 1. The zero-order chi connectivity index (χ0) is 13.3. The van der Waals surface area contributed by atoms with Crippen molar-refractivity contribution in [3.63, 3.8) is 0 Å². The Morgan fingerprint density at radius 1 is 1.39 bits per heavy atom. The molecule has 0 saturated heterocycles. The van der Waals surface area contributed by atoms with E-state index in [2.05, 4.69) is 41.6 Å². The number of carbonyl (C=O) groups is 1. The van der Waals surface area contributed by atoms with Crippen molar-refractivity contribution < 1.29 is 4.79 Å². The lowest BCUT2D eigenvalue weighted by Crippen LogP contribution is -2.02. The molecule has 2 aromatic rings. The van der Waals surface area contributed by atoms with E-state index in [1.54, 1.807) is 6.92 Å². The minimum atomic E-state index is 0.235. The summed E-state index contributed by atoms with van der Waals surface area (Å²) in [6.07, 6.45) is 1.41. The Morgan fingerprint density at radius 2 is 2.11 bits per heavy atom. The third kappa shape index (κ3) is 2.45. The number of nitrogens with zero attached hydrogens (tertiary/aromatic N) is 2. The fourth-order valence-corrected chi connectivity index (χ4v) is 2.39. The van der Waals surface area contributed by atoms with Gasteiger partial charge in [-0.05, 0) is 51.8 Å². The average Bonchev–Trinajstić information content (AvgIpc) is 2.61. The summed E-state index contributed by atoms with van der Waals surface area (Å²) in [6, 6.07) is 6.73. The third-order valence-electron chi connectivity index (χ3n) is 3.21. The van der Waals surface area contributed by atoms with Crippen LogP contribution in [-0.4, -0.2) is 15.3 Å². The lowest BCUT2D eigenvalue weighted by molar-refractivity contribution is -0.116. The van der Waals surface area contributed by atoms with Crippen LogP contribution in [0.4, 0.5) is 0 Å². The number of imidazole rings is 1. The molecular weight excluding hydrogens is 224 g/mol. The molecule has 0 radical (unpaired) electrons. The first-order chi connectivity index (χ1) is 8.49. The van der Waals surface area contributed by atoms with Gasteiger partial charge in [-0.1, -0.05) is 6.07 Å². The molecule has 0 atom stereocenters. The van der Waals surface area contributed by atoms with E-state index < -0.39 is 0 Å². The van der Waals surface area contributed by atoms with Gasteiger partial charge in [-0.3, -0.25) is 0 Å². The van der Waals surface area contributed by atoms with Crippen molar-refractivity contribution in [3.05, 3.63) is 29.6 Å². The van der Waals surface area contributed by atoms with E-state index in [0.717, 1.165) is 17.8 Å². The van der Waals surface area contributed by atoms with Gasteiger partial charge in [0, 0.05) is 12.5 Å². The molecule has 0 bridgehead atoms. The first-order valence-electron chi connectivity index (χ1n) is 6.46. The standard InChI is InChI=1S/C15H20N2O/c1-10(2)17-12(4)16-14-9-13(6-5-11(3)18)7-8-15(14)17/h7-10H,5-6H2,1-4H3. The van der Waals surface area contributed by atoms with E-state index in [1.165, 1.54) is 11.1 Å². The first-order valence-corrected chi connectivity index (χ1v) is 6.46. The molecule has 3 heteroatoms. The Labute approximate surface area is 108 Å². The van der Waals surface area contributed by atoms with E-state index in [-0.39, 0.29) is 5.78 Å². The first kappa shape index (κ1) is 12.8. The molecule has 2 rings (SSSR count). The van der Waals surface area contributed by atoms with Crippen molar-refractivity contribution in [2.24, 2.45) is 0 Å². The second kappa shape index (κ2) is 4.92. The highest BCUT2D eigenvalue weighted by Crippen LogP contribution is 2.22. The molecule has 96 valence electrons. The van der Waals surface area contributed by atoms with Gasteiger partial charge in [-0.15, -0.1) is 0 Å². The Hall–Kier alpha value is -1.64. The molecule has 0 aliphatic heterocycles. The number of Topliss-reactive ketones (excluding diaryl/α,β-unsaturated/α-hetero) is 1. The van der Waals surface area contributed by atoms with Crippen LogP contribution in [0, 0.1) is 6.92 Å². The van der Waals surface area contributed by atoms with Crippen molar-refractivity contribution in [2.75, 3.05) is 0 Å². The van der Waals surface area contributed by atoms with E-state index in [0.29, 0.717) is 12.5 Å². The molecule has 0 fully saturated rings. The summed E-state index contributed by atoms with van der Waals surface area (Å²) < 4.78 is 2.24. The number of aryl methyl sites for hydroxylation is 2. The van der Waals surface area contributed by atoms with Crippen LogP contribution in [-0.2, 0) is 11.2 Å². The lowest BCUT2D eigenvalue weighted by atomic mass is 10.1. The molecule has 1 aromatic carbocycles. The molecule has 0 N–H and O–H groups in total. The maximum Gasteiger partial charge on any atom is 0.130 e. The Morgan fingerprint density at radius 3 is 2.72 bits per heavy atom. The summed E-state index contributed by atoms with van der Waals surface area (Å²) in [5.41, 5.74) is 3.39. The summed E-state index contributed by atoms with van der Waals surface area (Å²) >= 11 is 0. The Balaban J connectivity index is 2.38. The van der Waals surface area contributed by atoms with Gasteiger partial charge in [0.2, 0.25) is 0 Å². The van der Waals surface area contributed by atoms with Crippen molar-refractivity contribution in [1.29, 1.82) is 0 Å². The van der Waals surface area contributed by atoms with Crippen LogP contribution in [0.3, 0.4) is 0 Å². The highest BCUT2D eigenvalue weighted by Gasteiger charge is 2.10. The summed E-state index contributed by atoms with van der Waals surface area (Å²) in [6.45, 7) is 8.00. The van der Waals surface area contributed by atoms with Crippen LogP contribution in [0.5, 0.6) is 0 Å². The molecule has 0 unspecified atom stereocenters. The second-order valence-corrected chi connectivity index (χ2v) is 5.15. The van der Waals surface area contributed by atoms with E-state index >= 15 is 0 Å². The number of aromatic nitrogens is 2. The van der Waals surface area contributed by atoms with E-state index in [9.17, 15) is 4.79 Å². The number of benzene rings is 1. The predicted molar refractivity (Wildman–Crippen MR) is 73.9 cm³/mol. The van der Waals surface area contributed by atoms with Crippen molar-refractivity contribution in [2.45, 2.75) is 46.6 Å². The van der Waals surface area contributed by atoms with Crippen LogP contribution >= 0.6 is 0 Å². The Bertz CT molecular complexity index is 581. The molecule has 0 aliphatic carbocycles. The van der Waals surface area contributed by atoms with Gasteiger partial charge in [-0.25, -0.2) is 4.98 Å². The number of ketones is 1. The van der Waals surface area contributed by atoms with E-state index in [4.69, 9.17) is 0 Å². The molecule has 0 aliphatic rings. The van der Waals surface area contributed by atoms with Gasteiger partial charge >= 0.3 is 0 Å². The molecule has 0 amide bonds. The minimum absolute atomic E-state index is 0.235. The summed E-state index contributed by atoms with van der Waals surface area (Å²) in [7, 11) is 0. The third-order valence-corrected chi connectivity index (χ3v) is 3.21. The summed E-state index contributed by atoms with van der Waals surface area (Å²) in [5.74, 6) is 1.28. The number of carbonyl (C=O) groups excluding carboxylic acids is 1. The summed E-state index contributed by atoms with van der Waals surface area (Å²) in [4.78, 5) is 15.6. The van der Waals surface area contributed by atoms with Gasteiger partial charge in [0.1, 0.15) is 11.6 Å². The Kier molecular flexibility index (Phi) is 3.50. The van der Waals surface area contributed by atoms with Gasteiger partial charge in [0.05, 0.1) is 11.0 Å². The largest absolute Gasteiger partial charge is 0.326 e. The molecule has 1 heterocycles. The zero-order valence-corrected chi connectivity index (χ0v) is 11.5. The summed E-state index contributed by atoms with van der Waals surface area (Å²) in [5, 5.41) is 0. The van der Waals surface area contributed by atoms with Crippen molar-refractivity contribution in [1.82, 2.24) is 9.55 Å². The second-order valence-electron chi connectivity index (χ2n) is 5.15. The normalized spacial score (nSPS) is 11.4. The quantitative estimate of drug-likeness (QED) is 0.825. The fourth-order valence-electron chi connectivity index (χ4n) is 2.39. The minimum Gasteiger partial charge on any atom is -0.326 e. The molecule has 1 aromatic heterocycles. The maximum atomic E-state index is 11.0. The van der Waals surface area contributed by atoms with Crippen LogP contribution in [0.1, 0.15) is 44.6 Å². The molecule has 0 spiro atoms. The maximum absolute atomic E-state index is 11.0. The number of rotatable bonds is 4. The van der Waals surface area contributed by atoms with Gasteiger partial charge in [0.25, 0.3) is 0 Å². The molecule has 18 heavy (non-hydrogen) atoms. The van der Waals surface area contributed by atoms with Crippen LogP contribution in [0.15, 0.2) is 18.2 Å². The molecule has 3 nitrogen and oxygen atoms in total. The highest BCUT2D eigenvalue weighted by atomic mass is 16.1. The SMILES string of the molecule is CC(=O)CCc1ccc2c(c1)nc(C)n2C(C)C. The lowest BCUT2D eigenvalue weighted by Gasteiger charge is -2.10. The highest BCUT2D eigenvalue weighted by molar-refractivity contribution is 5.78. The number of hydrogen-bond donors (Lipinski definition) is 0. The van der Waals surface area contributed by atoms with Gasteiger partial charge in [-0.2, -0.15) is 0 Å². The van der Waals surface area contributed by atoms with Crippen LogP contribution < -0.4 is 0 Å². The van der Waals surface area contributed by atoms with Gasteiger partial charge < -0.3 is 9.36 Å². The monoisotopic (exact) mass is 244 g/mol. The van der Waals surface area contributed by atoms with E-state index in [1.807, 2.05) is 6.92 Å².